The number of carbonyl (C=O) groups is 2. The SMILES string of the molecule is O=C(CSc1ccc(Cl)cc1)NNC(=O)c1cccc(NS(=O)(=O)c2cccs2)c1. The first-order valence-corrected chi connectivity index (χ1v) is 12.2. The second-order valence-electron chi connectivity index (χ2n) is 5.86. The minimum absolute atomic E-state index is 0.0998. The van der Waals surface area contributed by atoms with Gasteiger partial charge in [-0.1, -0.05) is 23.7 Å². The Kier molecular flexibility index (Phi) is 7.38. The first kappa shape index (κ1) is 22.2. The van der Waals surface area contributed by atoms with Gasteiger partial charge in [-0.3, -0.25) is 25.2 Å². The second-order valence-corrected chi connectivity index (χ2v) is 10.2. The van der Waals surface area contributed by atoms with Crippen molar-refractivity contribution in [2.24, 2.45) is 0 Å². The van der Waals surface area contributed by atoms with Crippen LogP contribution >= 0.6 is 34.7 Å². The zero-order valence-corrected chi connectivity index (χ0v) is 18.5. The van der Waals surface area contributed by atoms with E-state index >= 15 is 0 Å². The molecule has 0 fully saturated rings. The molecule has 0 aliphatic carbocycles. The zero-order chi connectivity index (χ0) is 21.6. The van der Waals surface area contributed by atoms with Crippen LogP contribution in [-0.2, 0) is 14.8 Å². The number of hydrazine groups is 1. The van der Waals surface area contributed by atoms with E-state index in [1.54, 1.807) is 41.8 Å². The van der Waals surface area contributed by atoms with Gasteiger partial charge in [-0.15, -0.1) is 23.1 Å². The predicted octanol–water partition coefficient (Wildman–Crippen LogP) is 3.76. The van der Waals surface area contributed by atoms with Crippen LogP contribution in [0.3, 0.4) is 0 Å². The third-order valence-corrected chi connectivity index (χ3v) is 7.68. The number of carbonyl (C=O) groups excluding carboxylic acids is 2. The van der Waals surface area contributed by atoms with Crippen LogP contribution in [0.4, 0.5) is 5.69 Å². The van der Waals surface area contributed by atoms with E-state index in [2.05, 4.69) is 15.6 Å². The summed E-state index contributed by atoms with van der Waals surface area (Å²) >= 11 is 8.20. The van der Waals surface area contributed by atoms with Gasteiger partial charge in [0.1, 0.15) is 4.21 Å². The molecule has 1 heterocycles. The molecule has 11 heteroatoms. The van der Waals surface area contributed by atoms with E-state index in [0.717, 1.165) is 16.2 Å². The molecule has 7 nitrogen and oxygen atoms in total. The van der Waals surface area contributed by atoms with Crippen molar-refractivity contribution in [3.63, 3.8) is 0 Å². The molecule has 2 amide bonds. The normalized spacial score (nSPS) is 11.0. The Morgan fingerprint density at radius 1 is 1.00 bits per heavy atom. The minimum atomic E-state index is -3.72. The van der Waals surface area contributed by atoms with E-state index in [9.17, 15) is 18.0 Å². The van der Waals surface area contributed by atoms with Crippen molar-refractivity contribution in [2.45, 2.75) is 9.10 Å². The lowest BCUT2D eigenvalue weighted by atomic mass is 10.2. The third kappa shape index (κ3) is 6.23. The first-order chi connectivity index (χ1) is 14.3. The lowest BCUT2D eigenvalue weighted by Crippen LogP contribution is -2.42. The summed E-state index contributed by atoms with van der Waals surface area (Å²) in [6.45, 7) is 0. The Morgan fingerprint density at radius 3 is 2.47 bits per heavy atom. The van der Waals surface area contributed by atoms with E-state index in [-0.39, 0.29) is 21.2 Å². The Bertz CT molecular complexity index is 1130. The van der Waals surface area contributed by atoms with Crippen LogP contribution in [0.1, 0.15) is 10.4 Å². The largest absolute Gasteiger partial charge is 0.279 e. The third-order valence-electron chi connectivity index (χ3n) is 3.64. The molecule has 3 N–H and O–H groups in total. The number of hydrogen-bond donors (Lipinski definition) is 3. The summed E-state index contributed by atoms with van der Waals surface area (Å²) in [6.07, 6.45) is 0. The zero-order valence-electron chi connectivity index (χ0n) is 15.3. The maximum atomic E-state index is 12.3. The molecule has 0 atom stereocenters. The van der Waals surface area contributed by atoms with E-state index in [4.69, 9.17) is 11.6 Å². The lowest BCUT2D eigenvalue weighted by Gasteiger charge is -2.10. The van der Waals surface area contributed by atoms with Crippen LogP contribution in [0.25, 0.3) is 0 Å². The molecule has 0 spiro atoms. The summed E-state index contributed by atoms with van der Waals surface area (Å²) in [7, 11) is -3.72. The maximum Gasteiger partial charge on any atom is 0.271 e. The van der Waals surface area contributed by atoms with Gasteiger partial charge in [0, 0.05) is 21.2 Å². The Labute approximate surface area is 186 Å². The maximum absolute atomic E-state index is 12.3. The van der Waals surface area contributed by atoms with Crippen LogP contribution in [0.2, 0.25) is 5.02 Å². The molecule has 0 saturated heterocycles. The fraction of sp³-hybridized carbons (Fsp3) is 0.0526. The molecular weight excluding hydrogens is 466 g/mol. The van der Waals surface area contributed by atoms with E-state index in [1.165, 1.54) is 36.0 Å². The molecule has 30 heavy (non-hydrogen) atoms. The van der Waals surface area contributed by atoms with Gasteiger partial charge < -0.3 is 0 Å². The fourth-order valence-electron chi connectivity index (χ4n) is 2.26. The number of thiophene rings is 1. The molecule has 0 aliphatic rings. The van der Waals surface area contributed by atoms with Crippen LogP contribution in [0, 0.1) is 0 Å². The van der Waals surface area contributed by atoms with Gasteiger partial charge >= 0.3 is 0 Å². The number of halogens is 1. The van der Waals surface area contributed by atoms with Crippen LogP contribution in [-0.4, -0.2) is 26.0 Å². The van der Waals surface area contributed by atoms with Crippen LogP contribution in [0.15, 0.2) is 75.1 Å². The average molecular weight is 482 g/mol. The second kappa shape index (κ2) is 9.98. The molecule has 0 unspecified atom stereocenters. The van der Waals surface area contributed by atoms with Crippen LogP contribution < -0.4 is 15.6 Å². The number of hydrogen-bond acceptors (Lipinski definition) is 6. The molecule has 156 valence electrons. The van der Waals surface area contributed by atoms with Gasteiger partial charge in [-0.25, -0.2) is 8.42 Å². The van der Waals surface area contributed by atoms with E-state index < -0.39 is 21.8 Å². The minimum Gasteiger partial charge on any atom is -0.279 e. The van der Waals surface area contributed by atoms with Crippen molar-refractivity contribution in [1.82, 2.24) is 10.9 Å². The van der Waals surface area contributed by atoms with Crippen molar-refractivity contribution in [3.05, 3.63) is 76.6 Å². The number of benzene rings is 2. The quantitative estimate of drug-likeness (QED) is 0.352. The molecular formula is C19H16ClN3O4S3. The highest BCUT2D eigenvalue weighted by atomic mass is 35.5. The highest BCUT2D eigenvalue weighted by Gasteiger charge is 2.16. The molecule has 2 aromatic carbocycles. The number of sulfonamides is 1. The van der Waals surface area contributed by atoms with Gasteiger partial charge in [0.2, 0.25) is 5.91 Å². The highest BCUT2D eigenvalue weighted by molar-refractivity contribution is 8.00. The number of anilines is 1. The molecule has 3 rings (SSSR count). The van der Waals surface area contributed by atoms with Crippen molar-refractivity contribution >= 4 is 62.2 Å². The van der Waals surface area contributed by atoms with E-state index in [0.29, 0.717) is 5.02 Å². The summed E-state index contributed by atoms with van der Waals surface area (Å²) in [6, 6.07) is 16.1. The van der Waals surface area contributed by atoms with Crippen molar-refractivity contribution in [1.29, 1.82) is 0 Å². The standard InChI is InChI=1S/C19H16ClN3O4S3/c20-14-6-8-16(9-7-14)29-12-17(24)21-22-19(25)13-3-1-4-15(11-13)23-30(26,27)18-5-2-10-28-18/h1-11,23H,12H2,(H,21,24)(H,22,25). The fourth-order valence-corrected chi connectivity index (χ4v) is 5.13. The summed E-state index contributed by atoms with van der Waals surface area (Å²) < 4.78 is 27.2. The average Bonchev–Trinajstić information content (AvgIpc) is 3.27. The molecule has 3 aromatic rings. The number of nitrogens with one attached hydrogen (secondary N) is 3. The predicted molar refractivity (Wildman–Crippen MR) is 119 cm³/mol. The first-order valence-electron chi connectivity index (χ1n) is 8.47. The van der Waals surface area contributed by atoms with Crippen molar-refractivity contribution in [3.8, 4) is 0 Å². The Hall–Kier alpha value is -2.53. The monoisotopic (exact) mass is 481 g/mol. The van der Waals surface area contributed by atoms with Gasteiger partial charge in [-0.2, -0.15) is 0 Å². The number of thioether (sulfide) groups is 1. The van der Waals surface area contributed by atoms with E-state index in [1.807, 2.05) is 0 Å². The summed E-state index contributed by atoms with van der Waals surface area (Å²) in [5, 5.41) is 2.27. The summed E-state index contributed by atoms with van der Waals surface area (Å²) in [5.41, 5.74) is 5.07. The number of rotatable bonds is 7. The van der Waals surface area contributed by atoms with Crippen molar-refractivity contribution < 1.29 is 18.0 Å². The Balaban J connectivity index is 1.53. The highest BCUT2D eigenvalue weighted by Crippen LogP contribution is 2.21. The summed E-state index contributed by atoms with van der Waals surface area (Å²) in [5.74, 6) is -0.863. The van der Waals surface area contributed by atoms with Crippen molar-refractivity contribution in [2.75, 3.05) is 10.5 Å². The van der Waals surface area contributed by atoms with Gasteiger partial charge in [0.15, 0.2) is 0 Å². The molecule has 0 bridgehead atoms. The molecule has 0 saturated carbocycles. The summed E-state index contributed by atoms with van der Waals surface area (Å²) in [4.78, 5) is 25.1. The molecule has 1 aromatic heterocycles. The topological polar surface area (TPSA) is 104 Å². The molecule has 0 aliphatic heterocycles. The van der Waals surface area contributed by atoms with Gasteiger partial charge in [0.05, 0.1) is 5.75 Å². The Morgan fingerprint density at radius 2 is 1.77 bits per heavy atom. The lowest BCUT2D eigenvalue weighted by molar-refractivity contribution is -0.119. The smallest absolute Gasteiger partial charge is 0.271 e. The van der Waals surface area contributed by atoms with Gasteiger partial charge in [-0.05, 0) is 53.9 Å². The van der Waals surface area contributed by atoms with Crippen LogP contribution in [0.5, 0.6) is 0 Å². The molecule has 0 radical (unpaired) electrons. The number of amides is 2. The van der Waals surface area contributed by atoms with Gasteiger partial charge in [0.25, 0.3) is 15.9 Å².